The zero-order valence-electron chi connectivity index (χ0n) is 18.4. The summed E-state index contributed by atoms with van der Waals surface area (Å²) in [5, 5.41) is 5.37. The zero-order chi connectivity index (χ0) is 23.0. The van der Waals surface area contributed by atoms with Gasteiger partial charge in [-0.15, -0.1) is 11.3 Å². The van der Waals surface area contributed by atoms with E-state index in [1.54, 1.807) is 12.1 Å². The second-order valence-corrected chi connectivity index (χ2v) is 9.98. The number of rotatable bonds is 12. The third-order valence-electron chi connectivity index (χ3n) is 4.89. The molecule has 0 bridgehead atoms. The topological polar surface area (TPSA) is 97.4 Å². The van der Waals surface area contributed by atoms with Crippen LogP contribution < -0.4 is 10.0 Å². The lowest BCUT2D eigenvalue weighted by Crippen LogP contribution is -2.26. The van der Waals surface area contributed by atoms with Gasteiger partial charge in [0.15, 0.2) is 0 Å². The minimum absolute atomic E-state index is 0.122. The van der Waals surface area contributed by atoms with Gasteiger partial charge in [0, 0.05) is 31.7 Å². The minimum Gasteiger partial charge on any atom is -0.382 e. The molecule has 0 aliphatic carbocycles. The molecule has 2 heterocycles. The lowest BCUT2D eigenvalue weighted by molar-refractivity contribution is 0.0946. The molecule has 0 aliphatic heterocycles. The normalized spacial score (nSPS) is 11.7. The van der Waals surface area contributed by atoms with Crippen LogP contribution in [0.1, 0.15) is 43.5 Å². The smallest absolute Gasteiger partial charge is 0.252 e. The van der Waals surface area contributed by atoms with Crippen LogP contribution in [0.25, 0.3) is 21.5 Å². The number of sulfonamides is 1. The fourth-order valence-corrected chi connectivity index (χ4v) is 4.98. The number of nitrogens with zero attached hydrogens (tertiary/aromatic N) is 1. The third-order valence-corrected chi connectivity index (χ3v) is 7.24. The standard InChI is InChI=1S/C23H29N3O4S2/c1-3-5-12-25-32(28,29)17-9-10-20-18(15-17)19(23(27)24-11-7-13-30-4-2)16-21(26-20)22-8-6-14-31-22/h6,8-10,14-16,25H,3-5,7,11-13H2,1-2H3,(H,24,27). The fourth-order valence-electron chi connectivity index (χ4n) is 3.19. The molecule has 9 heteroatoms. The molecule has 0 saturated carbocycles. The second-order valence-electron chi connectivity index (χ2n) is 7.27. The first kappa shape index (κ1) is 24.3. The highest BCUT2D eigenvalue weighted by molar-refractivity contribution is 7.89. The maximum atomic E-state index is 13.0. The summed E-state index contributed by atoms with van der Waals surface area (Å²) in [5.74, 6) is -0.264. The number of benzene rings is 1. The van der Waals surface area contributed by atoms with E-state index in [2.05, 4.69) is 15.0 Å². The van der Waals surface area contributed by atoms with Gasteiger partial charge in [0.1, 0.15) is 0 Å². The van der Waals surface area contributed by atoms with Crippen molar-refractivity contribution in [1.29, 1.82) is 0 Å². The van der Waals surface area contributed by atoms with E-state index in [1.807, 2.05) is 31.4 Å². The summed E-state index contributed by atoms with van der Waals surface area (Å²) >= 11 is 1.53. The van der Waals surface area contributed by atoms with Crippen LogP contribution in [-0.4, -0.2) is 45.6 Å². The van der Waals surface area contributed by atoms with Gasteiger partial charge in [-0.05, 0) is 55.5 Å². The predicted octanol–water partition coefficient (Wildman–Crippen LogP) is 4.20. The van der Waals surface area contributed by atoms with Crippen LogP contribution in [0, 0.1) is 0 Å². The Labute approximate surface area is 193 Å². The number of unbranched alkanes of at least 4 members (excludes halogenated alkanes) is 1. The van der Waals surface area contributed by atoms with Crippen molar-refractivity contribution in [2.75, 3.05) is 26.3 Å². The van der Waals surface area contributed by atoms with Gasteiger partial charge in [-0.3, -0.25) is 4.79 Å². The maximum Gasteiger partial charge on any atom is 0.252 e. The van der Waals surface area contributed by atoms with Crippen molar-refractivity contribution < 1.29 is 17.9 Å². The minimum atomic E-state index is -3.67. The molecule has 7 nitrogen and oxygen atoms in total. The number of hydrogen-bond acceptors (Lipinski definition) is 6. The van der Waals surface area contributed by atoms with E-state index < -0.39 is 10.0 Å². The van der Waals surface area contributed by atoms with Crippen molar-refractivity contribution in [3.05, 3.63) is 47.3 Å². The summed E-state index contributed by atoms with van der Waals surface area (Å²) in [7, 11) is -3.67. The van der Waals surface area contributed by atoms with Gasteiger partial charge >= 0.3 is 0 Å². The Bertz CT molecular complexity index is 1150. The highest BCUT2D eigenvalue weighted by Gasteiger charge is 2.19. The zero-order valence-corrected chi connectivity index (χ0v) is 20.0. The molecule has 0 spiro atoms. The molecule has 1 amide bonds. The van der Waals surface area contributed by atoms with Crippen molar-refractivity contribution in [2.45, 2.75) is 38.0 Å². The summed E-state index contributed by atoms with van der Waals surface area (Å²) in [4.78, 5) is 18.8. The number of amides is 1. The molecule has 0 fully saturated rings. The second kappa shape index (κ2) is 11.5. The average molecular weight is 476 g/mol. The summed E-state index contributed by atoms with van der Waals surface area (Å²) in [6.45, 7) is 5.97. The summed E-state index contributed by atoms with van der Waals surface area (Å²) in [5.41, 5.74) is 1.66. The predicted molar refractivity (Wildman–Crippen MR) is 129 cm³/mol. The van der Waals surface area contributed by atoms with Crippen molar-refractivity contribution >= 4 is 38.2 Å². The lowest BCUT2D eigenvalue weighted by Gasteiger charge is -2.12. The number of fused-ring (bicyclic) bond motifs is 1. The van der Waals surface area contributed by atoms with Crippen LogP contribution in [0.3, 0.4) is 0 Å². The van der Waals surface area contributed by atoms with Crippen LogP contribution in [-0.2, 0) is 14.8 Å². The van der Waals surface area contributed by atoms with E-state index >= 15 is 0 Å². The third kappa shape index (κ3) is 6.13. The number of carbonyl (C=O) groups is 1. The molecule has 0 atom stereocenters. The van der Waals surface area contributed by atoms with Crippen LogP contribution in [0.4, 0.5) is 0 Å². The number of carbonyl (C=O) groups excluding carboxylic acids is 1. The van der Waals surface area contributed by atoms with E-state index in [0.717, 1.165) is 17.7 Å². The van der Waals surface area contributed by atoms with Gasteiger partial charge in [-0.25, -0.2) is 18.1 Å². The first-order valence-electron chi connectivity index (χ1n) is 10.8. The summed E-state index contributed by atoms with van der Waals surface area (Å²) in [6, 6.07) is 10.3. The first-order valence-corrected chi connectivity index (χ1v) is 13.2. The maximum absolute atomic E-state index is 13.0. The van der Waals surface area contributed by atoms with E-state index in [4.69, 9.17) is 4.74 Å². The lowest BCUT2D eigenvalue weighted by atomic mass is 10.1. The van der Waals surface area contributed by atoms with Crippen molar-refractivity contribution in [3.63, 3.8) is 0 Å². The SMILES string of the molecule is CCCCNS(=O)(=O)c1ccc2nc(-c3cccs3)cc(C(=O)NCCCOCC)c2c1. The molecule has 32 heavy (non-hydrogen) atoms. The number of pyridine rings is 1. The van der Waals surface area contributed by atoms with Gasteiger partial charge < -0.3 is 10.1 Å². The molecule has 0 radical (unpaired) electrons. The van der Waals surface area contributed by atoms with Gasteiger partial charge in [-0.2, -0.15) is 0 Å². The molecular weight excluding hydrogens is 446 g/mol. The van der Waals surface area contributed by atoms with Crippen LogP contribution in [0.5, 0.6) is 0 Å². The summed E-state index contributed by atoms with van der Waals surface area (Å²) in [6.07, 6.45) is 2.35. The highest BCUT2D eigenvalue weighted by Crippen LogP contribution is 2.29. The largest absolute Gasteiger partial charge is 0.382 e. The van der Waals surface area contributed by atoms with Gasteiger partial charge in [0.25, 0.3) is 5.91 Å². The molecular formula is C23H29N3O4S2. The molecule has 3 rings (SSSR count). The molecule has 3 aromatic rings. The molecule has 1 aromatic carbocycles. The van der Waals surface area contributed by atoms with E-state index in [9.17, 15) is 13.2 Å². The number of ether oxygens (including phenoxy) is 1. The number of thiophene rings is 1. The van der Waals surface area contributed by atoms with Crippen LogP contribution in [0.15, 0.2) is 46.7 Å². The fraction of sp³-hybridized carbons (Fsp3) is 0.391. The van der Waals surface area contributed by atoms with Crippen molar-refractivity contribution in [2.24, 2.45) is 0 Å². The van der Waals surface area contributed by atoms with E-state index in [0.29, 0.717) is 54.9 Å². The number of nitrogens with one attached hydrogen (secondary N) is 2. The van der Waals surface area contributed by atoms with Gasteiger partial charge in [0.05, 0.1) is 26.5 Å². The number of aromatic nitrogens is 1. The Balaban J connectivity index is 1.97. The molecule has 0 saturated heterocycles. The van der Waals surface area contributed by atoms with E-state index in [-0.39, 0.29) is 10.8 Å². The molecule has 2 N–H and O–H groups in total. The Morgan fingerprint density at radius 3 is 2.69 bits per heavy atom. The Morgan fingerprint density at radius 1 is 1.12 bits per heavy atom. The molecule has 0 aliphatic rings. The first-order chi connectivity index (χ1) is 15.5. The van der Waals surface area contributed by atoms with Crippen molar-refractivity contribution in [1.82, 2.24) is 15.0 Å². The molecule has 2 aromatic heterocycles. The summed E-state index contributed by atoms with van der Waals surface area (Å²) < 4.78 is 33.4. The highest BCUT2D eigenvalue weighted by atomic mass is 32.2. The monoisotopic (exact) mass is 475 g/mol. The average Bonchev–Trinajstić information content (AvgIpc) is 3.33. The van der Waals surface area contributed by atoms with Crippen LogP contribution >= 0.6 is 11.3 Å². The van der Waals surface area contributed by atoms with Crippen molar-refractivity contribution in [3.8, 4) is 10.6 Å². The Hall–Kier alpha value is -2.33. The quantitative estimate of drug-likeness (QED) is 0.383. The van der Waals surface area contributed by atoms with Gasteiger partial charge in [0.2, 0.25) is 10.0 Å². The van der Waals surface area contributed by atoms with Gasteiger partial charge in [-0.1, -0.05) is 19.4 Å². The Morgan fingerprint density at radius 2 is 1.97 bits per heavy atom. The van der Waals surface area contributed by atoms with E-state index in [1.165, 1.54) is 23.5 Å². The Kier molecular flexibility index (Phi) is 8.75. The van der Waals surface area contributed by atoms with Crippen LogP contribution in [0.2, 0.25) is 0 Å². The molecule has 172 valence electrons. The number of hydrogen-bond donors (Lipinski definition) is 2. The molecule has 0 unspecified atom stereocenters.